The van der Waals surface area contributed by atoms with Crippen LogP contribution in [0.15, 0.2) is 12.7 Å². The van der Waals surface area contributed by atoms with Gasteiger partial charge in [0.15, 0.2) is 24.1 Å². The van der Waals surface area contributed by atoms with Crippen LogP contribution in [0.1, 0.15) is 6.92 Å². The van der Waals surface area contributed by atoms with Crippen LogP contribution >= 0.6 is 0 Å². The van der Waals surface area contributed by atoms with Crippen molar-refractivity contribution >= 4 is 28.0 Å². The molecule has 3 rings (SSSR count). The molecule has 6 atom stereocenters. The molecule has 3 aliphatic rings. The van der Waals surface area contributed by atoms with E-state index >= 15 is 0 Å². The van der Waals surface area contributed by atoms with Crippen LogP contribution in [0.2, 0.25) is 0 Å². The summed E-state index contributed by atoms with van der Waals surface area (Å²) < 4.78 is 49.3. The van der Waals surface area contributed by atoms with Crippen molar-refractivity contribution in [1.82, 2.24) is 0 Å². The largest absolute Gasteiger partial charge is 0.457 e. The Hall–Kier alpha value is -1.98. The van der Waals surface area contributed by atoms with Crippen molar-refractivity contribution in [3.05, 3.63) is 12.7 Å². The topological polar surface area (TPSA) is 132 Å². The fourth-order valence-electron chi connectivity index (χ4n) is 3.10. The number of hydrogen-bond acceptors (Lipinski definition) is 10. The third-order valence-electron chi connectivity index (χ3n) is 3.90. The standard InChI is InChI=1S/C13H14O10S/c1-3-6(15)19-4-7(16)21-11-9-8(20-5(2)14)10-12(22-9)13(11)24(17,18)23-10/h3,8-13H,1,4H2,2H3. The van der Waals surface area contributed by atoms with Gasteiger partial charge in [-0.1, -0.05) is 6.58 Å². The van der Waals surface area contributed by atoms with Gasteiger partial charge in [-0.25, -0.2) is 9.59 Å². The lowest BCUT2D eigenvalue weighted by Crippen LogP contribution is -2.51. The van der Waals surface area contributed by atoms with Gasteiger partial charge in [-0.05, 0) is 0 Å². The van der Waals surface area contributed by atoms with Gasteiger partial charge in [0.25, 0.3) is 10.1 Å². The van der Waals surface area contributed by atoms with Gasteiger partial charge in [0, 0.05) is 13.0 Å². The van der Waals surface area contributed by atoms with E-state index in [2.05, 4.69) is 11.3 Å². The number of ether oxygens (including phenoxy) is 4. The summed E-state index contributed by atoms with van der Waals surface area (Å²) >= 11 is 0. The molecule has 3 aliphatic heterocycles. The number of esters is 3. The first-order valence-electron chi connectivity index (χ1n) is 6.98. The number of fused-ring (bicyclic) bond motifs is 1. The quantitative estimate of drug-likeness (QED) is 0.245. The van der Waals surface area contributed by atoms with Crippen LogP contribution in [0.25, 0.3) is 0 Å². The molecule has 132 valence electrons. The Bertz CT molecular complexity index is 698. The monoisotopic (exact) mass is 362 g/mol. The van der Waals surface area contributed by atoms with Crippen LogP contribution in [-0.2, 0) is 47.6 Å². The Labute approximate surface area is 136 Å². The molecule has 0 aromatic heterocycles. The van der Waals surface area contributed by atoms with Gasteiger partial charge in [0.1, 0.15) is 18.3 Å². The summed E-state index contributed by atoms with van der Waals surface area (Å²) in [5.74, 6) is -2.44. The van der Waals surface area contributed by atoms with E-state index in [9.17, 15) is 22.8 Å². The molecule has 24 heavy (non-hydrogen) atoms. The van der Waals surface area contributed by atoms with E-state index in [1.165, 1.54) is 0 Å². The summed E-state index contributed by atoms with van der Waals surface area (Å²) in [5.41, 5.74) is 0. The van der Waals surface area contributed by atoms with Gasteiger partial charge in [0.2, 0.25) is 0 Å². The second-order valence-electron chi connectivity index (χ2n) is 5.42. The first-order chi connectivity index (χ1) is 11.2. The van der Waals surface area contributed by atoms with Crippen LogP contribution in [0.4, 0.5) is 0 Å². The molecule has 0 aromatic rings. The van der Waals surface area contributed by atoms with E-state index in [0.717, 1.165) is 13.0 Å². The lowest BCUT2D eigenvalue weighted by molar-refractivity contribution is -0.167. The maximum Gasteiger partial charge on any atom is 0.344 e. The van der Waals surface area contributed by atoms with Gasteiger partial charge in [-0.15, -0.1) is 0 Å². The Balaban J connectivity index is 1.75. The highest BCUT2D eigenvalue weighted by Gasteiger charge is 2.73. The fourth-order valence-corrected chi connectivity index (χ4v) is 4.85. The smallest absolute Gasteiger partial charge is 0.344 e. The van der Waals surface area contributed by atoms with E-state index in [4.69, 9.17) is 18.4 Å². The molecule has 3 heterocycles. The lowest BCUT2D eigenvalue weighted by atomic mass is 9.92. The Morgan fingerprint density at radius 2 is 1.83 bits per heavy atom. The minimum atomic E-state index is -4.05. The molecule has 3 saturated heterocycles. The number of carbonyl (C=O) groups excluding carboxylic acids is 3. The highest BCUT2D eigenvalue weighted by Crippen LogP contribution is 2.49. The summed E-state index contributed by atoms with van der Waals surface area (Å²) in [6.07, 6.45) is -4.18. The molecule has 0 aliphatic carbocycles. The maximum atomic E-state index is 12.1. The summed E-state index contributed by atoms with van der Waals surface area (Å²) in [6.45, 7) is 3.61. The fraction of sp³-hybridized carbons (Fsp3) is 0.615. The van der Waals surface area contributed by atoms with Crippen molar-refractivity contribution in [3.8, 4) is 0 Å². The van der Waals surface area contributed by atoms with E-state index in [1.54, 1.807) is 0 Å². The van der Waals surface area contributed by atoms with Crippen LogP contribution in [-0.4, -0.2) is 68.7 Å². The molecular weight excluding hydrogens is 348 g/mol. The van der Waals surface area contributed by atoms with Crippen molar-refractivity contribution in [1.29, 1.82) is 0 Å². The average Bonchev–Trinajstić information content (AvgIpc) is 3.07. The first-order valence-corrected chi connectivity index (χ1v) is 8.45. The highest BCUT2D eigenvalue weighted by molar-refractivity contribution is 7.87. The minimum Gasteiger partial charge on any atom is -0.457 e. The highest BCUT2D eigenvalue weighted by atomic mass is 32.2. The zero-order valence-electron chi connectivity index (χ0n) is 12.4. The van der Waals surface area contributed by atoms with E-state index in [0.29, 0.717) is 0 Å². The molecule has 0 saturated carbocycles. The summed E-state index contributed by atoms with van der Waals surface area (Å²) in [6, 6.07) is 0. The van der Waals surface area contributed by atoms with Crippen molar-refractivity contribution in [2.45, 2.75) is 42.7 Å². The van der Waals surface area contributed by atoms with E-state index in [1.807, 2.05) is 0 Å². The maximum absolute atomic E-state index is 12.1. The Morgan fingerprint density at radius 1 is 1.12 bits per heavy atom. The van der Waals surface area contributed by atoms with Crippen molar-refractivity contribution < 1.29 is 45.9 Å². The second-order valence-corrected chi connectivity index (χ2v) is 7.15. The first kappa shape index (κ1) is 16.9. The Morgan fingerprint density at radius 3 is 2.46 bits per heavy atom. The third kappa shape index (κ3) is 2.68. The molecule has 10 nitrogen and oxygen atoms in total. The zero-order valence-corrected chi connectivity index (χ0v) is 13.3. The third-order valence-corrected chi connectivity index (χ3v) is 5.60. The van der Waals surface area contributed by atoms with Gasteiger partial charge >= 0.3 is 17.9 Å². The van der Waals surface area contributed by atoms with Gasteiger partial charge < -0.3 is 18.9 Å². The molecule has 0 aromatic carbocycles. The summed E-state index contributed by atoms with van der Waals surface area (Å²) in [4.78, 5) is 33.9. The van der Waals surface area contributed by atoms with E-state index < -0.39 is 70.4 Å². The van der Waals surface area contributed by atoms with Gasteiger partial charge in [0.05, 0.1) is 0 Å². The molecule has 11 heteroatoms. The molecule has 0 radical (unpaired) electrons. The predicted octanol–water partition coefficient (Wildman–Crippen LogP) is -1.56. The molecular formula is C13H14O10S. The van der Waals surface area contributed by atoms with Crippen molar-refractivity contribution in [3.63, 3.8) is 0 Å². The minimum absolute atomic E-state index is 0.648. The number of hydrogen-bond donors (Lipinski definition) is 0. The SMILES string of the molecule is C=CC(=O)OCC(=O)OC1C2OC3C(OS(=O)(=O)C13)C2OC(C)=O. The molecule has 0 spiro atoms. The Kier molecular flexibility index (Phi) is 4.10. The van der Waals surface area contributed by atoms with Crippen LogP contribution < -0.4 is 0 Å². The molecule has 0 N–H and O–H groups in total. The molecule has 0 amide bonds. The normalized spacial score (nSPS) is 37.7. The van der Waals surface area contributed by atoms with Crippen LogP contribution in [0.3, 0.4) is 0 Å². The molecule has 2 bridgehead atoms. The van der Waals surface area contributed by atoms with Gasteiger partial charge in [-0.2, -0.15) is 8.42 Å². The van der Waals surface area contributed by atoms with Crippen molar-refractivity contribution in [2.24, 2.45) is 0 Å². The van der Waals surface area contributed by atoms with E-state index in [-0.39, 0.29) is 0 Å². The second kappa shape index (κ2) is 5.83. The predicted molar refractivity (Wildman–Crippen MR) is 72.8 cm³/mol. The molecule has 3 fully saturated rings. The van der Waals surface area contributed by atoms with Gasteiger partial charge in [-0.3, -0.25) is 8.98 Å². The van der Waals surface area contributed by atoms with Crippen LogP contribution in [0.5, 0.6) is 0 Å². The summed E-state index contributed by atoms with van der Waals surface area (Å²) in [5, 5.41) is -1.21. The molecule has 6 unspecified atom stereocenters. The van der Waals surface area contributed by atoms with Crippen LogP contribution in [0, 0.1) is 0 Å². The summed E-state index contributed by atoms with van der Waals surface area (Å²) in [7, 11) is -4.05. The number of carbonyl (C=O) groups is 3. The number of rotatable bonds is 5. The zero-order chi connectivity index (χ0) is 17.6. The average molecular weight is 362 g/mol. The van der Waals surface area contributed by atoms with Crippen molar-refractivity contribution in [2.75, 3.05) is 6.61 Å². The lowest BCUT2D eigenvalue weighted by Gasteiger charge is -2.27.